The average Bonchev–Trinajstić information content (AvgIpc) is 2.83. The zero-order valence-electron chi connectivity index (χ0n) is 15.2. The molecular weight excluding hydrogens is 318 g/mol. The Morgan fingerprint density at radius 3 is 2.64 bits per heavy atom. The highest BCUT2D eigenvalue weighted by Crippen LogP contribution is 2.27. The molecule has 0 radical (unpaired) electrons. The predicted molar refractivity (Wildman–Crippen MR) is 96.9 cm³/mol. The van der Waals surface area contributed by atoms with Crippen molar-refractivity contribution in [1.82, 2.24) is 9.78 Å². The van der Waals surface area contributed by atoms with Gasteiger partial charge in [-0.3, -0.25) is 4.68 Å². The van der Waals surface area contributed by atoms with E-state index in [0.717, 1.165) is 17.9 Å². The lowest BCUT2D eigenvalue weighted by molar-refractivity contribution is 0.243. The number of amides is 2. The van der Waals surface area contributed by atoms with E-state index in [0.29, 0.717) is 22.7 Å². The topological polar surface area (TPSA) is 92.0 Å². The quantitative estimate of drug-likeness (QED) is 0.864. The summed E-state index contributed by atoms with van der Waals surface area (Å²) in [6, 6.07) is 6.57. The number of benzene rings is 1. The smallest absolute Gasteiger partial charge is 0.323 e. The number of aryl methyl sites for hydroxylation is 2. The molecule has 0 aliphatic heterocycles. The van der Waals surface area contributed by atoms with Crippen LogP contribution in [0.2, 0.25) is 0 Å². The number of nitriles is 1. The molecule has 2 amide bonds. The fraction of sp³-hybridized carbons (Fsp3) is 0.389. The number of nitrogens with zero attached hydrogens (tertiary/aromatic N) is 3. The van der Waals surface area contributed by atoms with Gasteiger partial charge in [0.15, 0.2) is 0 Å². The normalized spacial score (nSPS) is 10.4. The molecule has 2 N–H and O–H groups in total. The number of aromatic nitrogens is 2. The molecule has 0 atom stereocenters. The predicted octanol–water partition coefficient (Wildman–Crippen LogP) is 3.82. The van der Waals surface area contributed by atoms with Gasteiger partial charge in [0.05, 0.1) is 40.5 Å². The van der Waals surface area contributed by atoms with Crippen LogP contribution >= 0.6 is 0 Å². The summed E-state index contributed by atoms with van der Waals surface area (Å²) >= 11 is 0. The lowest BCUT2D eigenvalue weighted by Crippen LogP contribution is -2.21. The third kappa shape index (κ3) is 4.29. The first-order valence-electron chi connectivity index (χ1n) is 8.18. The third-order valence-corrected chi connectivity index (χ3v) is 3.64. The van der Waals surface area contributed by atoms with Gasteiger partial charge in [0, 0.05) is 6.54 Å². The highest BCUT2D eigenvalue weighted by atomic mass is 16.5. The Morgan fingerprint density at radius 1 is 1.36 bits per heavy atom. The number of rotatable bonds is 5. The van der Waals surface area contributed by atoms with Crippen LogP contribution in [0, 0.1) is 25.2 Å². The Morgan fingerprint density at radius 2 is 2.08 bits per heavy atom. The number of anilines is 2. The van der Waals surface area contributed by atoms with Crippen LogP contribution in [0.25, 0.3) is 0 Å². The molecule has 132 valence electrons. The van der Waals surface area contributed by atoms with Crippen molar-refractivity contribution >= 4 is 17.4 Å². The van der Waals surface area contributed by atoms with Crippen molar-refractivity contribution < 1.29 is 9.53 Å². The second kappa shape index (κ2) is 7.71. The first-order chi connectivity index (χ1) is 11.8. The van der Waals surface area contributed by atoms with E-state index in [4.69, 9.17) is 10.00 Å². The lowest BCUT2D eigenvalue weighted by Gasteiger charge is -2.15. The first kappa shape index (κ1) is 18.3. The lowest BCUT2D eigenvalue weighted by atomic mass is 10.2. The van der Waals surface area contributed by atoms with Crippen molar-refractivity contribution in [2.45, 2.75) is 47.3 Å². The van der Waals surface area contributed by atoms with Gasteiger partial charge < -0.3 is 15.4 Å². The molecule has 0 saturated heterocycles. The number of carbonyl (C=O) groups excluding carboxylic acids is 1. The van der Waals surface area contributed by atoms with Gasteiger partial charge in [-0.25, -0.2) is 4.79 Å². The Labute approximate surface area is 147 Å². The molecule has 2 rings (SSSR count). The van der Waals surface area contributed by atoms with Crippen LogP contribution < -0.4 is 15.4 Å². The fourth-order valence-electron chi connectivity index (χ4n) is 2.51. The van der Waals surface area contributed by atoms with Crippen LogP contribution in [0.4, 0.5) is 16.2 Å². The second-order valence-corrected chi connectivity index (χ2v) is 5.93. The zero-order chi connectivity index (χ0) is 18.6. The molecule has 2 aromatic rings. The molecular formula is C18H23N5O2. The molecule has 0 bridgehead atoms. The highest BCUT2D eigenvalue weighted by molar-refractivity contribution is 6.01. The van der Waals surface area contributed by atoms with Crippen molar-refractivity contribution in [2.24, 2.45) is 0 Å². The van der Waals surface area contributed by atoms with Crippen LogP contribution in [0.15, 0.2) is 18.2 Å². The van der Waals surface area contributed by atoms with Crippen LogP contribution in [0.3, 0.4) is 0 Å². The zero-order valence-corrected chi connectivity index (χ0v) is 15.2. The van der Waals surface area contributed by atoms with Gasteiger partial charge in [0.25, 0.3) is 0 Å². The van der Waals surface area contributed by atoms with Gasteiger partial charge in [0.2, 0.25) is 0 Å². The minimum absolute atomic E-state index is 0.0520. The van der Waals surface area contributed by atoms with E-state index in [2.05, 4.69) is 21.8 Å². The molecule has 0 saturated carbocycles. The van der Waals surface area contributed by atoms with E-state index in [1.165, 1.54) is 0 Å². The SMILES string of the molecule is CCn1nc(C)c(NC(=O)Nc2cc(C#N)ccc2OC(C)C)c1C. The summed E-state index contributed by atoms with van der Waals surface area (Å²) in [6.07, 6.45) is -0.0520. The molecule has 0 aliphatic carbocycles. The monoisotopic (exact) mass is 341 g/mol. The molecule has 1 heterocycles. The maximum Gasteiger partial charge on any atom is 0.323 e. The summed E-state index contributed by atoms with van der Waals surface area (Å²) < 4.78 is 7.52. The van der Waals surface area contributed by atoms with Gasteiger partial charge in [-0.2, -0.15) is 10.4 Å². The highest BCUT2D eigenvalue weighted by Gasteiger charge is 2.15. The molecule has 25 heavy (non-hydrogen) atoms. The van der Waals surface area contributed by atoms with E-state index in [1.54, 1.807) is 18.2 Å². The Bertz CT molecular complexity index is 818. The summed E-state index contributed by atoms with van der Waals surface area (Å²) in [5, 5.41) is 19.0. The number of urea groups is 1. The number of ether oxygens (including phenoxy) is 1. The average molecular weight is 341 g/mol. The van der Waals surface area contributed by atoms with Gasteiger partial charge in [-0.15, -0.1) is 0 Å². The van der Waals surface area contributed by atoms with Crippen molar-refractivity contribution in [3.05, 3.63) is 35.2 Å². The minimum atomic E-state index is -0.412. The molecule has 0 spiro atoms. The number of hydrogen-bond donors (Lipinski definition) is 2. The fourth-order valence-corrected chi connectivity index (χ4v) is 2.51. The van der Waals surface area contributed by atoms with E-state index < -0.39 is 6.03 Å². The van der Waals surface area contributed by atoms with E-state index in [1.807, 2.05) is 39.3 Å². The molecule has 7 heteroatoms. The molecule has 1 aromatic carbocycles. The largest absolute Gasteiger partial charge is 0.489 e. The van der Waals surface area contributed by atoms with E-state index in [-0.39, 0.29) is 6.10 Å². The van der Waals surface area contributed by atoms with Crippen LogP contribution in [-0.2, 0) is 6.54 Å². The van der Waals surface area contributed by atoms with Gasteiger partial charge in [0.1, 0.15) is 5.75 Å². The molecule has 7 nitrogen and oxygen atoms in total. The van der Waals surface area contributed by atoms with Crippen LogP contribution in [0.1, 0.15) is 37.7 Å². The summed E-state index contributed by atoms with van der Waals surface area (Å²) in [5.41, 5.74) is 3.21. The van der Waals surface area contributed by atoms with Gasteiger partial charge >= 0.3 is 6.03 Å². The van der Waals surface area contributed by atoms with Gasteiger partial charge in [-0.1, -0.05) is 0 Å². The molecule has 0 fully saturated rings. The maximum absolute atomic E-state index is 12.4. The van der Waals surface area contributed by atoms with Crippen LogP contribution in [0.5, 0.6) is 5.75 Å². The van der Waals surface area contributed by atoms with Crippen LogP contribution in [-0.4, -0.2) is 21.9 Å². The first-order valence-corrected chi connectivity index (χ1v) is 8.18. The standard InChI is InChI=1S/C18H23N5O2/c1-6-23-13(5)17(12(4)22-23)21-18(24)20-15-9-14(10-19)7-8-16(15)25-11(2)3/h7-9,11H,6H2,1-5H3,(H2,20,21,24). The number of nitrogens with one attached hydrogen (secondary N) is 2. The van der Waals surface area contributed by atoms with E-state index in [9.17, 15) is 4.79 Å². The molecule has 1 aromatic heterocycles. The summed E-state index contributed by atoms with van der Waals surface area (Å²) in [4.78, 5) is 12.4. The van der Waals surface area contributed by atoms with Crippen molar-refractivity contribution in [3.8, 4) is 11.8 Å². The molecule has 0 unspecified atom stereocenters. The summed E-state index contributed by atoms with van der Waals surface area (Å²) in [5.74, 6) is 0.516. The van der Waals surface area contributed by atoms with Gasteiger partial charge in [-0.05, 0) is 52.8 Å². The summed E-state index contributed by atoms with van der Waals surface area (Å²) in [6.45, 7) is 10.3. The summed E-state index contributed by atoms with van der Waals surface area (Å²) in [7, 11) is 0. The van der Waals surface area contributed by atoms with Crippen molar-refractivity contribution in [1.29, 1.82) is 5.26 Å². The number of hydrogen-bond acceptors (Lipinski definition) is 4. The Balaban J connectivity index is 2.23. The third-order valence-electron chi connectivity index (χ3n) is 3.64. The Kier molecular flexibility index (Phi) is 5.65. The van der Waals surface area contributed by atoms with Crippen molar-refractivity contribution in [3.63, 3.8) is 0 Å². The second-order valence-electron chi connectivity index (χ2n) is 5.93. The molecule has 0 aliphatic rings. The maximum atomic E-state index is 12.4. The van der Waals surface area contributed by atoms with Crippen molar-refractivity contribution in [2.75, 3.05) is 10.6 Å². The Hall–Kier alpha value is -3.01. The van der Waals surface area contributed by atoms with E-state index >= 15 is 0 Å². The minimum Gasteiger partial charge on any atom is -0.489 e. The number of carbonyl (C=O) groups is 1.